The smallest absolute Gasteiger partial charge is 0.224 e. The lowest BCUT2D eigenvalue weighted by Gasteiger charge is -2.18. The quantitative estimate of drug-likeness (QED) is 0.796. The summed E-state index contributed by atoms with van der Waals surface area (Å²) in [6.07, 6.45) is 0.887. The number of aliphatic hydroxyl groups is 1. The monoisotopic (exact) mass is 351 g/mol. The molecule has 23 heavy (non-hydrogen) atoms. The molecule has 0 heterocycles. The second kappa shape index (κ2) is 8.92. The van der Waals surface area contributed by atoms with Gasteiger partial charge in [-0.3, -0.25) is 4.79 Å². The van der Waals surface area contributed by atoms with Crippen molar-refractivity contribution in [2.75, 3.05) is 13.2 Å². The lowest BCUT2D eigenvalue weighted by atomic mass is 9.96. The zero-order chi connectivity index (χ0) is 16.7. The van der Waals surface area contributed by atoms with Gasteiger partial charge in [0.1, 0.15) is 0 Å². The Morgan fingerprint density at radius 1 is 1.09 bits per heavy atom. The van der Waals surface area contributed by atoms with Crippen LogP contribution in [0.3, 0.4) is 0 Å². The predicted molar refractivity (Wildman–Crippen MR) is 94.1 cm³/mol. The van der Waals surface area contributed by atoms with E-state index in [1.807, 2.05) is 36.4 Å². The molecular formula is C18H19Cl2NO2. The molecule has 0 saturated carbocycles. The Bertz CT molecular complexity index is 647. The molecule has 0 radical (unpaired) electrons. The molecule has 0 saturated heterocycles. The zero-order valence-electron chi connectivity index (χ0n) is 12.6. The second-order valence-corrected chi connectivity index (χ2v) is 6.16. The molecule has 0 bridgehead atoms. The first kappa shape index (κ1) is 17.8. The first-order valence-corrected chi connectivity index (χ1v) is 8.22. The summed E-state index contributed by atoms with van der Waals surface area (Å²) < 4.78 is 0. The molecule has 0 fully saturated rings. The highest BCUT2D eigenvalue weighted by Gasteiger charge is 2.14. The lowest BCUT2D eigenvalue weighted by molar-refractivity contribution is -0.120. The average Bonchev–Trinajstić information content (AvgIpc) is 2.55. The van der Waals surface area contributed by atoms with Gasteiger partial charge in [0.15, 0.2) is 0 Å². The van der Waals surface area contributed by atoms with Gasteiger partial charge in [-0.2, -0.15) is 0 Å². The van der Waals surface area contributed by atoms with Crippen LogP contribution in [0.1, 0.15) is 23.5 Å². The highest BCUT2D eigenvalue weighted by molar-refractivity contribution is 6.42. The van der Waals surface area contributed by atoms with E-state index in [0.717, 1.165) is 11.1 Å². The van der Waals surface area contributed by atoms with Crippen molar-refractivity contribution < 1.29 is 9.90 Å². The van der Waals surface area contributed by atoms with Crippen LogP contribution in [0.15, 0.2) is 48.5 Å². The van der Waals surface area contributed by atoms with Crippen molar-refractivity contribution in [3.8, 4) is 0 Å². The Morgan fingerprint density at radius 3 is 2.48 bits per heavy atom. The van der Waals surface area contributed by atoms with Crippen molar-refractivity contribution in [1.29, 1.82) is 0 Å². The fraction of sp³-hybridized carbons (Fsp3) is 0.278. The molecule has 0 aliphatic carbocycles. The van der Waals surface area contributed by atoms with Gasteiger partial charge < -0.3 is 10.4 Å². The van der Waals surface area contributed by atoms with Crippen molar-refractivity contribution >= 4 is 29.1 Å². The predicted octanol–water partition coefficient (Wildman–Crippen LogP) is 3.82. The van der Waals surface area contributed by atoms with Gasteiger partial charge in [0, 0.05) is 19.1 Å². The number of rotatable bonds is 7. The van der Waals surface area contributed by atoms with Crippen LogP contribution in [0.2, 0.25) is 10.0 Å². The van der Waals surface area contributed by atoms with Crippen molar-refractivity contribution in [1.82, 2.24) is 5.32 Å². The maximum Gasteiger partial charge on any atom is 0.224 e. The van der Waals surface area contributed by atoms with Gasteiger partial charge in [-0.15, -0.1) is 0 Å². The summed E-state index contributed by atoms with van der Waals surface area (Å²) in [4.78, 5) is 12.1. The third kappa shape index (κ3) is 5.54. The third-order valence-corrected chi connectivity index (χ3v) is 4.38. The SMILES string of the molecule is O=C(Cc1ccccc1)NCC(CCO)c1ccc(Cl)c(Cl)c1. The topological polar surface area (TPSA) is 49.3 Å². The lowest BCUT2D eigenvalue weighted by Crippen LogP contribution is -2.30. The van der Waals surface area contributed by atoms with Gasteiger partial charge in [-0.25, -0.2) is 0 Å². The number of carbonyl (C=O) groups is 1. The van der Waals surface area contributed by atoms with Crippen LogP contribution < -0.4 is 5.32 Å². The molecule has 3 nitrogen and oxygen atoms in total. The average molecular weight is 352 g/mol. The number of benzene rings is 2. The van der Waals surface area contributed by atoms with Gasteiger partial charge in [0.25, 0.3) is 0 Å². The largest absolute Gasteiger partial charge is 0.396 e. The molecular weight excluding hydrogens is 333 g/mol. The summed E-state index contributed by atoms with van der Waals surface area (Å²) in [6, 6.07) is 15.0. The number of carbonyl (C=O) groups excluding carboxylic acids is 1. The Balaban J connectivity index is 1.96. The Morgan fingerprint density at radius 2 is 1.83 bits per heavy atom. The normalized spacial score (nSPS) is 12.0. The van der Waals surface area contributed by atoms with Crippen LogP contribution in [0.25, 0.3) is 0 Å². The van der Waals surface area contributed by atoms with Crippen molar-refractivity contribution in [3.63, 3.8) is 0 Å². The molecule has 5 heteroatoms. The van der Waals surface area contributed by atoms with E-state index in [4.69, 9.17) is 23.2 Å². The van der Waals surface area contributed by atoms with E-state index in [1.54, 1.807) is 12.1 Å². The molecule has 1 atom stereocenters. The van der Waals surface area contributed by atoms with Crippen molar-refractivity contribution in [3.05, 3.63) is 69.7 Å². The molecule has 2 N–H and O–H groups in total. The first-order chi connectivity index (χ1) is 11.1. The fourth-order valence-electron chi connectivity index (χ4n) is 2.39. The molecule has 0 aliphatic rings. The van der Waals surface area contributed by atoms with Crippen molar-refractivity contribution in [2.24, 2.45) is 0 Å². The Labute approximate surface area is 146 Å². The maximum atomic E-state index is 12.1. The van der Waals surface area contributed by atoms with Crippen LogP contribution in [0.5, 0.6) is 0 Å². The minimum absolute atomic E-state index is 0.00510. The molecule has 2 rings (SSSR count). The van der Waals surface area contributed by atoms with E-state index in [2.05, 4.69) is 5.32 Å². The summed E-state index contributed by atoms with van der Waals surface area (Å²) >= 11 is 12.0. The highest BCUT2D eigenvalue weighted by Crippen LogP contribution is 2.27. The molecule has 1 unspecified atom stereocenters. The standard InChI is InChI=1S/C18H19Cl2NO2/c19-16-7-6-14(11-17(16)20)15(8-9-22)12-21-18(23)10-13-4-2-1-3-5-13/h1-7,11,15,22H,8-10,12H2,(H,21,23). The zero-order valence-corrected chi connectivity index (χ0v) is 14.1. The van der Waals surface area contributed by atoms with Crippen LogP contribution >= 0.6 is 23.2 Å². The molecule has 1 amide bonds. The highest BCUT2D eigenvalue weighted by atomic mass is 35.5. The van der Waals surface area contributed by atoms with Gasteiger partial charge in [-0.1, -0.05) is 59.6 Å². The third-order valence-electron chi connectivity index (χ3n) is 3.65. The van der Waals surface area contributed by atoms with Crippen LogP contribution in [0.4, 0.5) is 0 Å². The van der Waals surface area contributed by atoms with E-state index in [-0.39, 0.29) is 18.4 Å². The number of aliphatic hydroxyl groups excluding tert-OH is 1. The Kier molecular flexibility index (Phi) is 6.90. The second-order valence-electron chi connectivity index (χ2n) is 5.35. The number of halogens is 2. The van der Waals surface area contributed by atoms with E-state index in [1.165, 1.54) is 0 Å². The minimum Gasteiger partial charge on any atom is -0.396 e. The number of nitrogens with one attached hydrogen (secondary N) is 1. The summed E-state index contributed by atoms with van der Waals surface area (Å²) in [5, 5.41) is 13.1. The fourth-order valence-corrected chi connectivity index (χ4v) is 2.70. The number of hydrogen-bond acceptors (Lipinski definition) is 2. The van der Waals surface area contributed by atoms with Gasteiger partial charge >= 0.3 is 0 Å². The van der Waals surface area contributed by atoms with E-state index in [0.29, 0.717) is 29.4 Å². The Hall–Kier alpha value is -1.55. The first-order valence-electron chi connectivity index (χ1n) is 7.46. The summed E-state index contributed by atoms with van der Waals surface area (Å²) in [6.45, 7) is 0.490. The van der Waals surface area contributed by atoms with E-state index >= 15 is 0 Å². The molecule has 0 aromatic heterocycles. The van der Waals surface area contributed by atoms with Gasteiger partial charge in [0.2, 0.25) is 5.91 Å². The van der Waals surface area contributed by atoms with Crippen molar-refractivity contribution in [2.45, 2.75) is 18.8 Å². The van der Waals surface area contributed by atoms with E-state index in [9.17, 15) is 9.90 Å². The van der Waals surface area contributed by atoms with Crippen LogP contribution in [0, 0.1) is 0 Å². The van der Waals surface area contributed by atoms with Crippen LogP contribution in [-0.4, -0.2) is 24.2 Å². The number of hydrogen-bond donors (Lipinski definition) is 2. The summed E-state index contributed by atoms with van der Waals surface area (Å²) in [5.74, 6) is -0.0475. The summed E-state index contributed by atoms with van der Waals surface area (Å²) in [5.41, 5.74) is 1.92. The molecule has 2 aromatic rings. The molecule has 122 valence electrons. The minimum atomic E-state index is -0.0424. The van der Waals surface area contributed by atoms with Gasteiger partial charge in [-0.05, 0) is 29.7 Å². The van der Waals surface area contributed by atoms with Crippen LogP contribution in [-0.2, 0) is 11.2 Å². The van der Waals surface area contributed by atoms with Gasteiger partial charge in [0.05, 0.1) is 16.5 Å². The summed E-state index contributed by atoms with van der Waals surface area (Å²) in [7, 11) is 0. The van der Waals surface area contributed by atoms with E-state index < -0.39 is 0 Å². The molecule has 2 aromatic carbocycles. The molecule has 0 aliphatic heterocycles. The maximum absolute atomic E-state index is 12.1. The molecule has 0 spiro atoms. The number of amides is 1.